The monoisotopic (exact) mass is 405 g/mol. The molecule has 2 aromatic carbocycles. The molecule has 0 aliphatic rings. The van der Waals surface area contributed by atoms with Crippen LogP contribution in [0.25, 0.3) is 0 Å². The molecular formula is C20H23NO6S. The molecule has 0 unspecified atom stereocenters. The SMILES string of the molecule is COc1cccc(NC(=O)COC(=O)CCS(=O)(=O)c2ccc(C)c(C)c2)c1. The van der Waals surface area contributed by atoms with Crippen molar-refractivity contribution in [2.45, 2.75) is 25.2 Å². The number of sulfone groups is 1. The number of carbonyl (C=O) groups is 2. The highest BCUT2D eigenvalue weighted by Crippen LogP contribution is 2.18. The Hall–Kier alpha value is -2.87. The maximum absolute atomic E-state index is 12.3. The van der Waals surface area contributed by atoms with Crippen LogP contribution >= 0.6 is 0 Å². The molecule has 0 radical (unpaired) electrons. The number of aryl methyl sites for hydroxylation is 2. The topological polar surface area (TPSA) is 98.8 Å². The summed E-state index contributed by atoms with van der Waals surface area (Å²) in [6.45, 7) is 3.21. The van der Waals surface area contributed by atoms with Crippen molar-refractivity contribution < 1.29 is 27.5 Å². The van der Waals surface area contributed by atoms with Gasteiger partial charge in [0.1, 0.15) is 5.75 Å². The van der Waals surface area contributed by atoms with Crippen LogP contribution in [0.2, 0.25) is 0 Å². The second-order valence-corrected chi connectivity index (χ2v) is 8.36. The molecular weight excluding hydrogens is 382 g/mol. The number of anilines is 1. The van der Waals surface area contributed by atoms with Gasteiger partial charge in [-0.3, -0.25) is 9.59 Å². The Bertz CT molecular complexity index is 968. The summed E-state index contributed by atoms with van der Waals surface area (Å²) in [5, 5.41) is 2.57. The molecule has 0 bridgehead atoms. The number of nitrogens with one attached hydrogen (secondary N) is 1. The molecule has 150 valence electrons. The lowest BCUT2D eigenvalue weighted by molar-refractivity contribution is -0.146. The highest BCUT2D eigenvalue weighted by atomic mass is 32.2. The number of methoxy groups -OCH3 is 1. The Morgan fingerprint density at radius 1 is 1.04 bits per heavy atom. The fraction of sp³-hybridized carbons (Fsp3) is 0.300. The molecule has 0 aromatic heterocycles. The van der Waals surface area contributed by atoms with E-state index in [0.29, 0.717) is 11.4 Å². The number of carbonyl (C=O) groups excluding carboxylic acids is 2. The molecule has 0 aliphatic heterocycles. The van der Waals surface area contributed by atoms with Crippen LogP contribution in [0.4, 0.5) is 5.69 Å². The molecule has 7 nitrogen and oxygen atoms in total. The van der Waals surface area contributed by atoms with E-state index in [1.165, 1.54) is 13.2 Å². The van der Waals surface area contributed by atoms with Gasteiger partial charge in [-0.25, -0.2) is 8.42 Å². The van der Waals surface area contributed by atoms with Crippen LogP contribution in [-0.4, -0.2) is 39.8 Å². The average Bonchev–Trinajstić information content (AvgIpc) is 2.67. The first-order valence-electron chi connectivity index (χ1n) is 8.61. The number of hydrogen-bond acceptors (Lipinski definition) is 6. The normalized spacial score (nSPS) is 11.0. The Morgan fingerprint density at radius 3 is 2.46 bits per heavy atom. The summed E-state index contributed by atoms with van der Waals surface area (Å²) >= 11 is 0. The lowest BCUT2D eigenvalue weighted by atomic mass is 10.1. The van der Waals surface area contributed by atoms with E-state index in [-0.39, 0.29) is 17.1 Å². The molecule has 0 aliphatic carbocycles. The number of rotatable bonds is 8. The van der Waals surface area contributed by atoms with Crippen molar-refractivity contribution in [3.8, 4) is 5.75 Å². The fourth-order valence-electron chi connectivity index (χ4n) is 2.36. The highest BCUT2D eigenvalue weighted by molar-refractivity contribution is 7.91. The first kappa shape index (κ1) is 21.4. The van der Waals surface area contributed by atoms with Gasteiger partial charge in [0.25, 0.3) is 5.91 Å². The van der Waals surface area contributed by atoms with E-state index in [1.54, 1.807) is 36.4 Å². The Kier molecular flexibility index (Phi) is 7.17. The van der Waals surface area contributed by atoms with Gasteiger partial charge in [0.2, 0.25) is 0 Å². The van der Waals surface area contributed by atoms with Crippen molar-refractivity contribution in [1.29, 1.82) is 0 Å². The molecule has 2 rings (SSSR count). The van der Waals surface area contributed by atoms with Crippen molar-refractivity contribution in [3.05, 3.63) is 53.6 Å². The quantitative estimate of drug-likeness (QED) is 0.678. The van der Waals surface area contributed by atoms with Crippen molar-refractivity contribution >= 4 is 27.4 Å². The zero-order valence-electron chi connectivity index (χ0n) is 16.0. The van der Waals surface area contributed by atoms with Gasteiger partial charge in [-0.2, -0.15) is 0 Å². The van der Waals surface area contributed by atoms with Gasteiger partial charge in [-0.1, -0.05) is 12.1 Å². The molecule has 0 heterocycles. The van der Waals surface area contributed by atoms with Gasteiger partial charge in [-0.05, 0) is 49.2 Å². The highest BCUT2D eigenvalue weighted by Gasteiger charge is 2.18. The average molecular weight is 405 g/mol. The van der Waals surface area contributed by atoms with E-state index in [9.17, 15) is 18.0 Å². The summed E-state index contributed by atoms with van der Waals surface area (Å²) in [5.41, 5.74) is 2.34. The van der Waals surface area contributed by atoms with Crippen molar-refractivity contribution in [2.75, 3.05) is 24.8 Å². The van der Waals surface area contributed by atoms with Crippen molar-refractivity contribution in [2.24, 2.45) is 0 Å². The summed E-state index contributed by atoms with van der Waals surface area (Å²) in [7, 11) is -2.10. The fourth-order valence-corrected chi connectivity index (χ4v) is 3.66. The zero-order chi connectivity index (χ0) is 20.7. The van der Waals surface area contributed by atoms with Gasteiger partial charge in [-0.15, -0.1) is 0 Å². The number of esters is 1. The molecule has 8 heteroatoms. The van der Waals surface area contributed by atoms with Crippen LogP contribution < -0.4 is 10.1 Å². The minimum absolute atomic E-state index is 0.166. The second-order valence-electron chi connectivity index (χ2n) is 6.26. The standard InChI is InChI=1S/C20H23NO6S/c1-14-7-8-18(11-15(14)2)28(24,25)10-9-20(23)27-13-19(22)21-16-5-4-6-17(12-16)26-3/h4-8,11-12H,9-10,13H2,1-3H3,(H,21,22). The first-order chi connectivity index (χ1) is 13.2. The molecule has 0 spiro atoms. The predicted octanol–water partition coefficient (Wildman–Crippen LogP) is 2.66. The summed E-state index contributed by atoms with van der Waals surface area (Å²) in [6, 6.07) is 11.5. The Balaban J connectivity index is 1.83. The largest absolute Gasteiger partial charge is 0.497 e. The molecule has 0 saturated carbocycles. The van der Waals surface area contributed by atoms with Gasteiger partial charge in [0.15, 0.2) is 16.4 Å². The summed E-state index contributed by atoms with van der Waals surface area (Å²) in [4.78, 5) is 23.8. The van der Waals surface area contributed by atoms with Crippen molar-refractivity contribution in [3.63, 3.8) is 0 Å². The number of ether oxygens (including phenoxy) is 2. The third-order valence-corrected chi connectivity index (χ3v) is 5.84. The smallest absolute Gasteiger partial charge is 0.307 e. The third kappa shape index (κ3) is 6.09. The summed E-state index contributed by atoms with van der Waals surface area (Å²) in [6.07, 6.45) is -0.332. The van der Waals surface area contributed by atoms with Gasteiger partial charge in [0.05, 0.1) is 24.2 Å². The van der Waals surface area contributed by atoms with Crippen LogP contribution in [0.15, 0.2) is 47.4 Å². The van der Waals surface area contributed by atoms with E-state index >= 15 is 0 Å². The van der Waals surface area contributed by atoms with Crippen LogP contribution in [0.1, 0.15) is 17.5 Å². The summed E-state index contributed by atoms with van der Waals surface area (Å²) < 4.78 is 34.6. The van der Waals surface area contributed by atoms with Gasteiger partial charge >= 0.3 is 5.97 Å². The van der Waals surface area contributed by atoms with Gasteiger partial charge in [0, 0.05) is 11.8 Å². The van der Waals surface area contributed by atoms with Crippen LogP contribution in [0.3, 0.4) is 0 Å². The molecule has 0 saturated heterocycles. The van der Waals surface area contributed by atoms with E-state index in [2.05, 4.69) is 5.32 Å². The molecule has 28 heavy (non-hydrogen) atoms. The molecule has 0 fully saturated rings. The predicted molar refractivity (Wildman–Crippen MR) is 105 cm³/mol. The minimum atomic E-state index is -3.60. The van der Waals surface area contributed by atoms with Crippen LogP contribution in [0.5, 0.6) is 5.75 Å². The molecule has 1 amide bonds. The zero-order valence-corrected chi connectivity index (χ0v) is 16.8. The lowest BCUT2D eigenvalue weighted by Gasteiger charge is -2.09. The number of amides is 1. The minimum Gasteiger partial charge on any atom is -0.497 e. The van der Waals surface area contributed by atoms with E-state index in [1.807, 2.05) is 13.8 Å². The Labute approximate surface area is 164 Å². The maximum Gasteiger partial charge on any atom is 0.307 e. The number of benzene rings is 2. The van der Waals surface area contributed by atoms with E-state index in [4.69, 9.17) is 9.47 Å². The van der Waals surface area contributed by atoms with E-state index in [0.717, 1.165) is 11.1 Å². The third-order valence-electron chi connectivity index (χ3n) is 4.13. The molecule has 0 atom stereocenters. The second kappa shape index (κ2) is 9.36. The van der Waals surface area contributed by atoms with E-state index < -0.39 is 28.3 Å². The number of hydrogen-bond donors (Lipinski definition) is 1. The van der Waals surface area contributed by atoms with Crippen LogP contribution in [0, 0.1) is 13.8 Å². The Morgan fingerprint density at radius 2 is 1.79 bits per heavy atom. The maximum atomic E-state index is 12.3. The lowest BCUT2D eigenvalue weighted by Crippen LogP contribution is -2.22. The molecule has 1 N–H and O–H groups in total. The summed E-state index contributed by atoms with van der Waals surface area (Å²) in [5.74, 6) is -1.09. The van der Waals surface area contributed by atoms with Crippen LogP contribution in [-0.2, 0) is 24.2 Å². The van der Waals surface area contributed by atoms with Crippen molar-refractivity contribution in [1.82, 2.24) is 0 Å². The molecule has 2 aromatic rings. The van der Waals surface area contributed by atoms with Gasteiger partial charge < -0.3 is 14.8 Å². The first-order valence-corrected chi connectivity index (χ1v) is 10.3.